The second-order valence-electron chi connectivity index (χ2n) is 3.43. The summed E-state index contributed by atoms with van der Waals surface area (Å²) in [4.78, 5) is 15.4. The van der Waals surface area contributed by atoms with Crippen molar-refractivity contribution in [1.29, 1.82) is 0 Å². The summed E-state index contributed by atoms with van der Waals surface area (Å²) in [5, 5.41) is 0. The largest absolute Gasteiger partial charge is 0.465 e. The molecule has 94 valence electrons. The molecular formula is C12H17NO3S. The minimum atomic E-state index is -0.350. The first-order valence-electron chi connectivity index (χ1n) is 5.38. The molecule has 17 heavy (non-hydrogen) atoms. The average Bonchev–Trinajstić information content (AvgIpc) is 2.38. The zero-order valence-electron chi connectivity index (χ0n) is 10.1. The SMILES string of the molecule is COCCCSCc1ccc(C(=O)OC)cn1. The van der Waals surface area contributed by atoms with Gasteiger partial charge in [-0.2, -0.15) is 11.8 Å². The fourth-order valence-corrected chi connectivity index (χ4v) is 2.08. The summed E-state index contributed by atoms with van der Waals surface area (Å²) in [6.45, 7) is 0.793. The zero-order chi connectivity index (χ0) is 12.5. The van der Waals surface area contributed by atoms with E-state index in [-0.39, 0.29) is 5.97 Å². The number of carbonyl (C=O) groups excluding carboxylic acids is 1. The van der Waals surface area contributed by atoms with Gasteiger partial charge in [0.05, 0.1) is 18.4 Å². The first-order valence-corrected chi connectivity index (χ1v) is 6.53. The molecule has 0 unspecified atom stereocenters. The van der Waals surface area contributed by atoms with Crippen LogP contribution in [0.15, 0.2) is 18.3 Å². The second kappa shape index (κ2) is 8.08. The predicted molar refractivity (Wildman–Crippen MR) is 68.2 cm³/mol. The monoisotopic (exact) mass is 255 g/mol. The number of carbonyl (C=O) groups is 1. The number of thioether (sulfide) groups is 1. The van der Waals surface area contributed by atoms with Crippen LogP contribution in [-0.4, -0.2) is 37.5 Å². The lowest BCUT2D eigenvalue weighted by Gasteiger charge is -2.02. The molecule has 0 radical (unpaired) electrons. The molecule has 0 saturated carbocycles. The van der Waals surface area contributed by atoms with Gasteiger partial charge >= 0.3 is 5.97 Å². The van der Waals surface area contributed by atoms with E-state index in [0.717, 1.165) is 30.2 Å². The summed E-state index contributed by atoms with van der Waals surface area (Å²) < 4.78 is 9.57. The molecule has 0 fully saturated rings. The lowest BCUT2D eigenvalue weighted by atomic mass is 10.2. The molecule has 0 aliphatic carbocycles. The minimum Gasteiger partial charge on any atom is -0.465 e. The van der Waals surface area contributed by atoms with E-state index in [4.69, 9.17) is 4.74 Å². The van der Waals surface area contributed by atoms with Crippen LogP contribution >= 0.6 is 11.8 Å². The Balaban J connectivity index is 2.33. The molecule has 1 aromatic rings. The van der Waals surface area contributed by atoms with Gasteiger partial charge in [0.25, 0.3) is 0 Å². The topological polar surface area (TPSA) is 48.4 Å². The maximum atomic E-state index is 11.2. The van der Waals surface area contributed by atoms with Crippen LogP contribution in [0.3, 0.4) is 0 Å². The first-order chi connectivity index (χ1) is 8.27. The van der Waals surface area contributed by atoms with Crippen LogP contribution < -0.4 is 0 Å². The van der Waals surface area contributed by atoms with Gasteiger partial charge in [-0.3, -0.25) is 4.98 Å². The van der Waals surface area contributed by atoms with E-state index in [1.807, 2.05) is 17.8 Å². The molecule has 1 heterocycles. The summed E-state index contributed by atoms with van der Waals surface area (Å²) in [6, 6.07) is 3.60. The number of esters is 1. The Bertz CT molecular complexity index is 340. The van der Waals surface area contributed by atoms with Crippen LogP contribution in [-0.2, 0) is 15.2 Å². The normalized spacial score (nSPS) is 10.2. The van der Waals surface area contributed by atoms with Crippen molar-refractivity contribution in [3.05, 3.63) is 29.6 Å². The summed E-state index contributed by atoms with van der Waals surface area (Å²) in [5.41, 5.74) is 1.46. The number of hydrogen-bond acceptors (Lipinski definition) is 5. The standard InChI is InChI=1S/C12H17NO3S/c1-15-6-3-7-17-9-11-5-4-10(8-13-11)12(14)16-2/h4-5,8H,3,6-7,9H2,1-2H3. The fraction of sp³-hybridized carbons (Fsp3) is 0.500. The molecule has 4 nitrogen and oxygen atoms in total. The molecule has 0 atom stereocenters. The van der Waals surface area contributed by atoms with Gasteiger partial charge in [-0.15, -0.1) is 0 Å². The van der Waals surface area contributed by atoms with Gasteiger partial charge in [0.2, 0.25) is 0 Å². The van der Waals surface area contributed by atoms with E-state index in [2.05, 4.69) is 9.72 Å². The van der Waals surface area contributed by atoms with Crippen molar-refractivity contribution in [1.82, 2.24) is 4.98 Å². The Kier molecular flexibility index (Phi) is 6.65. The number of rotatable bonds is 7. The van der Waals surface area contributed by atoms with Gasteiger partial charge in [0.15, 0.2) is 0 Å². The number of pyridine rings is 1. The third-order valence-corrected chi connectivity index (χ3v) is 3.21. The van der Waals surface area contributed by atoms with Crippen molar-refractivity contribution in [3.8, 4) is 0 Å². The third-order valence-electron chi connectivity index (χ3n) is 2.13. The average molecular weight is 255 g/mol. The van der Waals surface area contributed by atoms with E-state index in [1.54, 1.807) is 19.4 Å². The molecule has 0 amide bonds. The Morgan fingerprint density at radius 3 is 2.82 bits per heavy atom. The van der Waals surface area contributed by atoms with Crippen molar-refractivity contribution >= 4 is 17.7 Å². The van der Waals surface area contributed by atoms with E-state index in [0.29, 0.717) is 5.56 Å². The molecule has 1 rings (SSSR count). The van der Waals surface area contributed by atoms with Crippen LogP contribution in [0, 0.1) is 0 Å². The minimum absolute atomic E-state index is 0.350. The quantitative estimate of drug-likeness (QED) is 0.552. The molecule has 0 spiro atoms. The lowest BCUT2D eigenvalue weighted by Crippen LogP contribution is -2.02. The first kappa shape index (κ1) is 14.0. The molecule has 0 aromatic carbocycles. The van der Waals surface area contributed by atoms with Crippen LogP contribution in [0.25, 0.3) is 0 Å². The Morgan fingerprint density at radius 2 is 2.24 bits per heavy atom. The lowest BCUT2D eigenvalue weighted by molar-refractivity contribution is 0.0600. The van der Waals surface area contributed by atoms with Crippen LogP contribution in [0.2, 0.25) is 0 Å². The van der Waals surface area contributed by atoms with Crippen molar-refractivity contribution in [2.45, 2.75) is 12.2 Å². The summed E-state index contributed by atoms with van der Waals surface area (Å²) in [7, 11) is 3.07. The highest BCUT2D eigenvalue weighted by molar-refractivity contribution is 7.98. The molecule has 1 aromatic heterocycles. The molecular weight excluding hydrogens is 238 g/mol. The van der Waals surface area contributed by atoms with Crippen LogP contribution in [0.5, 0.6) is 0 Å². The highest BCUT2D eigenvalue weighted by Crippen LogP contribution is 2.12. The summed E-state index contributed by atoms with van der Waals surface area (Å²) in [5.74, 6) is 1.55. The third kappa shape index (κ3) is 5.19. The molecule has 0 N–H and O–H groups in total. The molecule has 5 heteroatoms. The van der Waals surface area contributed by atoms with Gasteiger partial charge in [-0.1, -0.05) is 0 Å². The number of nitrogens with zero attached hydrogens (tertiary/aromatic N) is 1. The second-order valence-corrected chi connectivity index (χ2v) is 4.53. The summed E-state index contributed by atoms with van der Waals surface area (Å²) >= 11 is 1.81. The van der Waals surface area contributed by atoms with E-state index in [9.17, 15) is 4.79 Å². The van der Waals surface area contributed by atoms with Crippen molar-refractivity contribution < 1.29 is 14.3 Å². The number of methoxy groups -OCH3 is 2. The Morgan fingerprint density at radius 1 is 1.41 bits per heavy atom. The fourth-order valence-electron chi connectivity index (χ4n) is 1.23. The maximum Gasteiger partial charge on any atom is 0.339 e. The van der Waals surface area contributed by atoms with Gasteiger partial charge < -0.3 is 9.47 Å². The highest BCUT2D eigenvalue weighted by atomic mass is 32.2. The molecule has 0 saturated heterocycles. The maximum absolute atomic E-state index is 11.2. The highest BCUT2D eigenvalue weighted by Gasteiger charge is 2.05. The van der Waals surface area contributed by atoms with E-state index < -0.39 is 0 Å². The van der Waals surface area contributed by atoms with Crippen LogP contribution in [0.1, 0.15) is 22.5 Å². The zero-order valence-corrected chi connectivity index (χ0v) is 11.0. The van der Waals surface area contributed by atoms with Gasteiger partial charge in [-0.05, 0) is 24.3 Å². The van der Waals surface area contributed by atoms with E-state index in [1.165, 1.54) is 7.11 Å². The van der Waals surface area contributed by atoms with Crippen LogP contribution in [0.4, 0.5) is 0 Å². The molecule has 0 aliphatic rings. The summed E-state index contributed by atoms with van der Waals surface area (Å²) in [6.07, 6.45) is 2.60. The van der Waals surface area contributed by atoms with E-state index >= 15 is 0 Å². The smallest absolute Gasteiger partial charge is 0.339 e. The number of aromatic nitrogens is 1. The van der Waals surface area contributed by atoms with Crippen molar-refractivity contribution in [2.24, 2.45) is 0 Å². The molecule has 0 aliphatic heterocycles. The van der Waals surface area contributed by atoms with Gasteiger partial charge in [-0.25, -0.2) is 4.79 Å². The predicted octanol–water partition coefficient (Wildman–Crippen LogP) is 2.14. The van der Waals surface area contributed by atoms with Gasteiger partial charge in [0.1, 0.15) is 0 Å². The van der Waals surface area contributed by atoms with Gasteiger partial charge in [0, 0.05) is 25.7 Å². The number of hydrogen-bond donors (Lipinski definition) is 0. The molecule has 0 bridgehead atoms. The van der Waals surface area contributed by atoms with Crippen molar-refractivity contribution in [2.75, 3.05) is 26.6 Å². The Hall–Kier alpha value is -1.07. The Labute approximate surface area is 106 Å². The number of ether oxygens (including phenoxy) is 2. The van der Waals surface area contributed by atoms with Crippen molar-refractivity contribution in [3.63, 3.8) is 0 Å².